The minimum atomic E-state index is -1.58. The lowest BCUT2D eigenvalue weighted by atomic mass is 9.99. The maximum Gasteiger partial charge on any atom is 0.220 e. The highest BCUT2D eigenvalue weighted by Crippen LogP contribution is 2.23. The molecule has 0 saturated carbocycles. The van der Waals surface area contributed by atoms with Crippen LogP contribution in [0.3, 0.4) is 0 Å². The Kier molecular flexibility index (Phi) is 51.1. The predicted molar refractivity (Wildman–Crippen MR) is 326 cm³/mol. The minimum absolute atomic E-state index is 0.202. The number of hydrogen-bond acceptors (Lipinski definition) is 8. The molecule has 1 amide bonds. The van der Waals surface area contributed by atoms with Gasteiger partial charge in [-0.15, -0.1) is 0 Å². The third-order valence-corrected chi connectivity index (χ3v) is 13.4. The number of allylic oxidation sites excluding steroid dienone is 23. The van der Waals surface area contributed by atoms with Crippen molar-refractivity contribution < 1.29 is 39.8 Å². The van der Waals surface area contributed by atoms with Crippen LogP contribution in [0.1, 0.15) is 219 Å². The van der Waals surface area contributed by atoms with Gasteiger partial charge in [-0.3, -0.25) is 4.79 Å². The molecule has 1 aliphatic rings. The van der Waals surface area contributed by atoms with E-state index in [0.29, 0.717) is 6.42 Å². The monoisotopic (exact) mass is 1070 g/mol. The number of aliphatic hydroxyl groups is 5. The van der Waals surface area contributed by atoms with E-state index in [0.717, 1.165) is 116 Å². The van der Waals surface area contributed by atoms with E-state index in [1.165, 1.54) is 83.5 Å². The third-order valence-electron chi connectivity index (χ3n) is 13.4. The molecule has 7 unspecified atom stereocenters. The van der Waals surface area contributed by atoms with Crippen molar-refractivity contribution in [2.45, 2.75) is 262 Å². The Morgan fingerprint density at radius 3 is 1.25 bits per heavy atom. The summed E-state index contributed by atoms with van der Waals surface area (Å²) in [5.41, 5.74) is 0. The molecule has 0 radical (unpaired) electrons. The number of carbonyl (C=O) groups excluding carboxylic acids is 1. The number of carbonyl (C=O) groups is 1. The molecule has 1 rings (SSSR count). The topological polar surface area (TPSA) is 149 Å². The number of nitrogens with one attached hydrogen (secondary N) is 1. The second-order valence-electron chi connectivity index (χ2n) is 20.4. The highest BCUT2D eigenvalue weighted by Gasteiger charge is 2.44. The van der Waals surface area contributed by atoms with Gasteiger partial charge in [0.25, 0.3) is 0 Å². The highest BCUT2D eigenvalue weighted by molar-refractivity contribution is 5.76. The van der Waals surface area contributed by atoms with Gasteiger partial charge in [0, 0.05) is 6.42 Å². The van der Waals surface area contributed by atoms with E-state index < -0.39 is 49.5 Å². The summed E-state index contributed by atoms with van der Waals surface area (Å²) in [6, 6.07) is -0.836. The van der Waals surface area contributed by atoms with E-state index >= 15 is 0 Å². The third kappa shape index (κ3) is 44.6. The number of unbranched alkanes of at least 4 members (excludes halogenated alkanes) is 18. The van der Waals surface area contributed by atoms with Crippen molar-refractivity contribution in [1.82, 2.24) is 5.32 Å². The van der Waals surface area contributed by atoms with Crippen molar-refractivity contribution in [2.75, 3.05) is 13.2 Å². The molecule has 0 aromatic carbocycles. The molecule has 1 fully saturated rings. The van der Waals surface area contributed by atoms with Crippen molar-refractivity contribution in [1.29, 1.82) is 0 Å². The van der Waals surface area contributed by atoms with Crippen LogP contribution in [0.15, 0.2) is 146 Å². The summed E-state index contributed by atoms with van der Waals surface area (Å²) in [5.74, 6) is -0.202. The first-order valence-corrected chi connectivity index (χ1v) is 30.6. The molecule has 0 bridgehead atoms. The summed E-state index contributed by atoms with van der Waals surface area (Å²) >= 11 is 0. The fourth-order valence-electron chi connectivity index (χ4n) is 8.61. The smallest absolute Gasteiger partial charge is 0.220 e. The van der Waals surface area contributed by atoms with Gasteiger partial charge in [-0.1, -0.05) is 250 Å². The summed E-state index contributed by atoms with van der Waals surface area (Å²) in [5, 5.41) is 54.4. The summed E-state index contributed by atoms with van der Waals surface area (Å²) in [6.07, 6.45) is 79.2. The largest absolute Gasteiger partial charge is 0.394 e. The zero-order valence-corrected chi connectivity index (χ0v) is 48.4. The van der Waals surface area contributed by atoms with E-state index in [1.54, 1.807) is 6.08 Å². The summed E-state index contributed by atoms with van der Waals surface area (Å²) in [4.78, 5) is 13.1. The summed E-state index contributed by atoms with van der Waals surface area (Å²) in [6.45, 7) is 3.62. The zero-order chi connectivity index (χ0) is 55.8. The molecule has 1 aliphatic heterocycles. The van der Waals surface area contributed by atoms with Crippen LogP contribution in [0.25, 0.3) is 0 Å². The fraction of sp³-hybridized carbons (Fsp3) is 0.632. The molecule has 1 saturated heterocycles. The molecule has 77 heavy (non-hydrogen) atoms. The molecule has 0 aromatic rings. The summed E-state index contributed by atoms with van der Waals surface area (Å²) < 4.78 is 11.2. The van der Waals surface area contributed by atoms with Crippen LogP contribution in [0, 0.1) is 0 Å². The van der Waals surface area contributed by atoms with Gasteiger partial charge >= 0.3 is 0 Å². The Hall–Kier alpha value is -3.93. The maximum absolute atomic E-state index is 13.1. The Morgan fingerprint density at radius 1 is 0.455 bits per heavy atom. The van der Waals surface area contributed by atoms with Gasteiger partial charge < -0.3 is 40.3 Å². The number of ether oxygens (including phenoxy) is 2. The lowest BCUT2D eigenvalue weighted by Gasteiger charge is -2.40. The van der Waals surface area contributed by atoms with Gasteiger partial charge in [0.1, 0.15) is 24.4 Å². The fourth-order valence-corrected chi connectivity index (χ4v) is 8.61. The Labute approximate surface area is 470 Å². The van der Waals surface area contributed by atoms with E-state index in [9.17, 15) is 30.3 Å². The number of aliphatic hydroxyl groups excluding tert-OH is 5. The molecular weight excluding hydrogens is 959 g/mol. The van der Waals surface area contributed by atoms with Crippen molar-refractivity contribution in [3.63, 3.8) is 0 Å². The zero-order valence-electron chi connectivity index (χ0n) is 48.4. The molecule has 9 heteroatoms. The Morgan fingerprint density at radius 2 is 0.818 bits per heavy atom. The van der Waals surface area contributed by atoms with Crippen LogP contribution in [-0.4, -0.2) is 87.5 Å². The van der Waals surface area contributed by atoms with Crippen LogP contribution in [0.4, 0.5) is 0 Å². The molecule has 0 aliphatic carbocycles. The SMILES string of the molecule is CC/C=C\C/C=C\C/C=C\C/C=C\C/C=C\C/C=C\C/C=C\C/C=C\C/C=C\C/C=C\CCCCCCCCCCC(=O)NC(COC1OC(CO)C(O)C(O)C1O)C(O)/C=C/CC/C=C/CCCCCCCCCCC. The van der Waals surface area contributed by atoms with Crippen molar-refractivity contribution >= 4 is 5.91 Å². The molecule has 9 nitrogen and oxygen atoms in total. The molecule has 0 spiro atoms. The molecule has 436 valence electrons. The number of rotatable bonds is 50. The van der Waals surface area contributed by atoms with Gasteiger partial charge in [-0.2, -0.15) is 0 Å². The highest BCUT2D eigenvalue weighted by atomic mass is 16.7. The average molecular weight is 1070 g/mol. The van der Waals surface area contributed by atoms with Crippen LogP contribution >= 0.6 is 0 Å². The van der Waals surface area contributed by atoms with E-state index in [2.05, 4.69) is 153 Å². The van der Waals surface area contributed by atoms with Gasteiger partial charge in [0.15, 0.2) is 6.29 Å². The Balaban J connectivity index is 2.19. The number of amides is 1. The van der Waals surface area contributed by atoms with Crippen LogP contribution < -0.4 is 5.32 Å². The van der Waals surface area contributed by atoms with Gasteiger partial charge in [-0.05, 0) is 109 Å². The molecular formula is C68H111NO8. The van der Waals surface area contributed by atoms with Crippen LogP contribution in [0.2, 0.25) is 0 Å². The van der Waals surface area contributed by atoms with Gasteiger partial charge in [0.05, 0.1) is 25.4 Å². The van der Waals surface area contributed by atoms with Gasteiger partial charge in [0.2, 0.25) is 5.91 Å². The maximum atomic E-state index is 13.1. The van der Waals surface area contributed by atoms with Crippen molar-refractivity contribution in [2.24, 2.45) is 0 Å². The summed E-state index contributed by atoms with van der Waals surface area (Å²) in [7, 11) is 0. The Bertz CT molecular complexity index is 1720. The first-order chi connectivity index (χ1) is 37.8. The van der Waals surface area contributed by atoms with E-state index in [-0.39, 0.29) is 12.5 Å². The molecule has 1 heterocycles. The van der Waals surface area contributed by atoms with Crippen LogP contribution in [-0.2, 0) is 14.3 Å². The van der Waals surface area contributed by atoms with E-state index in [1.807, 2.05) is 6.08 Å². The predicted octanol–water partition coefficient (Wildman–Crippen LogP) is 15.8. The quantitative estimate of drug-likeness (QED) is 0.0261. The second kappa shape index (κ2) is 55.4. The van der Waals surface area contributed by atoms with Crippen LogP contribution in [0.5, 0.6) is 0 Å². The van der Waals surface area contributed by atoms with E-state index in [4.69, 9.17) is 9.47 Å². The standard InChI is InChI=1S/C68H111NO8/c1-3-5-7-9-11-13-15-17-19-20-21-22-23-24-25-26-27-28-29-30-31-32-33-34-35-36-37-38-39-40-41-42-44-46-48-50-52-54-56-58-64(72)69-61(60-76-68-67(75)66(74)65(73)63(59-70)77-68)62(71)57-55-53-51-49-47-45-43-18-16-14-12-10-8-6-4-2/h5,7,11,13,17,19,21-22,24-25,27-28,30-31,33-34,36-37,39-40,47,49,55,57,61-63,65-68,70-71,73-75H,3-4,6,8-10,12,14-16,18,20,23,26,29,32,35,38,41-46,48,50-54,56,58-60H2,1-2H3,(H,69,72)/b7-5-,13-11-,19-17-,22-21-,25-24-,28-27-,31-30-,34-33-,37-36-,40-39-,49-47+,57-55+. The number of hydrogen-bond donors (Lipinski definition) is 6. The first kappa shape index (κ1) is 71.1. The minimum Gasteiger partial charge on any atom is -0.394 e. The lowest BCUT2D eigenvalue weighted by Crippen LogP contribution is -2.60. The van der Waals surface area contributed by atoms with Gasteiger partial charge in [-0.25, -0.2) is 0 Å². The van der Waals surface area contributed by atoms with Crippen molar-refractivity contribution in [3.8, 4) is 0 Å². The first-order valence-electron chi connectivity index (χ1n) is 30.6. The average Bonchev–Trinajstić information content (AvgIpc) is 3.43. The molecule has 6 N–H and O–H groups in total. The lowest BCUT2D eigenvalue weighted by molar-refractivity contribution is -0.302. The molecule has 7 atom stereocenters. The molecule has 0 aromatic heterocycles. The van der Waals surface area contributed by atoms with Crippen molar-refractivity contribution in [3.05, 3.63) is 146 Å². The normalized spacial score (nSPS) is 19.8. The second-order valence-corrected chi connectivity index (χ2v) is 20.4.